The molecule has 0 atom stereocenters. The Hall–Kier alpha value is 3.58. The minimum atomic E-state index is -0.222. The highest BCUT2D eigenvalue weighted by atomic mass is 35.6. The van der Waals surface area contributed by atoms with E-state index in [-0.39, 0.29) is 50.6 Å². The summed E-state index contributed by atoms with van der Waals surface area (Å²) in [6.45, 7) is 20.9. The van der Waals surface area contributed by atoms with Gasteiger partial charge in [-0.25, -0.2) is 0 Å². The van der Waals surface area contributed by atoms with Gasteiger partial charge < -0.3 is 9.47 Å². The molecule has 20 heteroatoms. The largest absolute Gasteiger partial charge is 0.466 e. The van der Waals surface area contributed by atoms with Gasteiger partial charge in [0.25, 0.3) is 0 Å². The van der Waals surface area contributed by atoms with Crippen LogP contribution in [0.1, 0.15) is 83.1 Å². The second-order valence-electron chi connectivity index (χ2n) is 6.00. The number of alkyl halides is 16. The number of rotatable bonds is 2. The molecule has 0 aliphatic carbocycles. The predicted octanol–water partition coefficient (Wildman–Crippen LogP) is 15.6. The summed E-state index contributed by atoms with van der Waals surface area (Å²) >= 11 is 80.6. The van der Waals surface area contributed by atoms with Crippen molar-refractivity contribution in [1.29, 1.82) is 0 Å². The van der Waals surface area contributed by atoms with Crippen molar-refractivity contribution < 1.29 is 19.1 Å². The van der Waals surface area contributed by atoms with Crippen LogP contribution < -0.4 is 0 Å². The Labute approximate surface area is 348 Å². The van der Waals surface area contributed by atoms with Crippen LogP contribution in [0.5, 0.6) is 0 Å². The van der Waals surface area contributed by atoms with E-state index in [9.17, 15) is 9.59 Å². The fraction of sp³-hybridized carbons (Fsp3) is 0.917. The molecule has 0 bridgehead atoms. The lowest BCUT2D eigenvalue weighted by atomic mass is 10.8. The van der Waals surface area contributed by atoms with E-state index >= 15 is 0 Å². The number of halogens is 16. The van der Waals surface area contributed by atoms with Crippen LogP contribution in [0, 0.1) is 0 Å². The lowest BCUT2D eigenvalue weighted by molar-refractivity contribution is -0.141. The minimum absolute atomic E-state index is 0.211. The predicted molar refractivity (Wildman–Crippen MR) is 214 cm³/mol. The zero-order valence-corrected chi connectivity index (χ0v) is 38.8. The van der Waals surface area contributed by atoms with Gasteiger partial charge in [-0.1, -0.05) is 0 Å². The maximum atomic E-state index is 9.82. The van der Waals surface area contributed by atoms with Crippen LogP contribution in [0.25, 0.3) is 0 Å². The SMILES string of the molecule is CC(Cl)Cl.CC(Cl)Cl.CC(Cl)Cl.CC(Cl)Cl.CC(Cl)Cl.CC(Cl)Cl.CC(Cl)Cl.CC(Cl)Cl.CCOC(C)=O.CCOC(C)=O. The fourth-order valence-corrected chi connectivity index (χ4v) is 0.407. The van der Waals surface area contributed by atoms with Gasteiger partial charge in [-0.05, 0) is 69.2 Å². The molecule has 0 saturated heterocycles. The summed E-state index contributed by atoms with van der Waals surface area (Å²) in [4.78, 5) is 17.9. The van der Waals surface area contributed by atoms with Crippen molar-refractivity contribution >= 4 is 198 Å². The first-order chi connectivity index (χ1) is 19.4. The first-order valence-corrected chi connectivity index (χ1v) is 18.9. The average molecular weight is 968 g/mol. The van der Waals surface area contributed by atoms with Gasteiger partial charge in [0.2, 0.25) is 0 Å². The molecule has 0 spiro atoms. The molecule has 0 aromatic rings. The standard InChI is InChI=1S/2C4H8O2.8C2H4Cl2/c2*1-3-6-4(2)5;8*1-2(3)4/h2*3H2,1-2H3;8*2H,1H3. The smallest absolute Gasteiger partial charge is 0.302 e. The monoisotopic (exact) mass is 960 g/mol. The van der Waals surface area contributed by atoms with Gasteiger partial charge in [0.15, 0.2) is 0 Å². The number of carbonyl (C=O) groups is 2. The van der Waals surface area contributed by atoms with Crippen molar-refractivity contribution in [2.24, 2.45) is 0 Å². The third-order valence-electron chi connectivity index (χ3n) is 0.695. The minimum Gasteiger partial charge on any atom is -0.466 e. The van der Waals surface area contributed by atoms with Crippen molar-refractivity contribution in [3.05, 3.63) is 0 Å². The first-order valence-electron chi connectivity index (χ1n) is 11.9. The Kier molecular flexibility index (Phi) is 114. The maximum Gasteiger partial charge on any atom is 0.302 e. The van der Waals surface area contributed by atoms with Gasteiger partial charge in [-0.2, -0.15) is 0 Å². The summed E-state index contributed by atoms with van der Waals surface area (Å²) in [7, 11) is 0. The fourth-order valence-electron chi connectivity index (χ4n) is 0.407. The highest BCUT2D eigenvalue weighted by molar-refractivity contribution is 6.46. The Morgan fingerprint density at radius 1 is 0.364 bits per heavy atom. The van der Waals surface area contributed by atoms with Gasteiger partial charge in [0, 0.05) is 13.8 Å². The van der Waals surface area contributed by atoms with Crippen LogP contribution in [0.4, 0.5) is 0 Å². The van der Waals surface area contributed by atoms with Gasteiger partial charge in [-0.15, -0.1) is 186 Å². The highest BCUT2D eigenvalue weighted by Gasteiger charge is 1.82. The molecule has 0 saturated carbocycles. The van der Waals surface area contributed by atoms with Crippen LogP contribution in [-0.2, 0) is 19.1 Å². The molecular formula is C24H48Cl16O4. The van der Waals surface area contributed by atoms with Crippen LogP contribution in [-0.4, -0.2) is 63.8 Å². The van der Waals surface area contributed by atoms with Gasteiger partial charge >= 0.3 is 11.9 Å². The van der Waals surface area contributed by atoms with E-state index in [4.69, 9.17) is 186 Å². The van der Waals surface area contributed by atoms with Crippen LogP contribution >= 0.6 is 186 Å². The molecule has 0 fully saturated rings. The number of hydrogen-bond donors (Lipinski definition) is 0. The van der Waals surface area contributed by atoms with E-state index in [1.807, 2.05) is 0 Å². The Balaban J connectivity index is -0.0000000367. The third-order valence-corrected chi connectivity index (χ3v) is 0.695. The van der Waals surface area contributed by atoms with Crippen molar-refractivity contribution in [2.45, 2.75) is 122 Å². The average Bonchev–Trinajstić information content (AvgIpc) is 2.64. The summed E-state index contributed by atoms with van der Waals surface area (Å²) in [5, 5.41) is 0. The van der Waals surface area contributed by atoms with Crippen molar-refractivity contribution in [1.82, 2.24) is 0 Å². The van der Waals surface area contributed by atoms with Gasteiger partial charge in [0.1, 0.15) is 38.7 Å². The van der Waals surface area contributed by atoms with Crippen molar-refractivity contribution in [3.8, 4) is 0 Å². The molecule has 0 heterocycles. The van der Waals surface area contributed by atoms with Crippen LogP contribution in [0.2, 0.25) is 0 Å². The van der Waals surface area contributed by atoms with Crippen molar-refractivity contribution in [3.63, 3.8) is 0 Å². The topological polar surface area (TPSA) is 52.6 Å². The Morgan fingerprint density at radius 2 is 0.432 bits per heavy atom. The first kappa shape index (κ1) is 73.1. The summed E-state index contributed by atoms with van der Waals surface area (Å²) in [6, 6.07) is 0. The number of carbonyl (C=O) groups excluding carboxylic acids is 2. The highest BCUT2D eigenvalue weighted by Crippen LogP contribution is 1.97. The zero-order chi connectivity index (χ0) is 38.6. The van der Waals surface area contributed by atoms with Crippen LogP contribution in [0.15, 0.2) is 0 Å². The van der Waals surface area contributed by atoms with Crippen LogP contribution in [0.3, 0.4) is 0 Å². The van der Waals surface area contributed by atoms with Crippen molar-refractivity contribution in [2.75, 3.05) is 13.2 Å². The lowest BCUT2D eigenvalue weighted by Crippen LogP contribution is -1.95. The lowest BCUT2D eigenvalue weighted by Gasteiger charge is -1.89. The molecule has 0 aliphatic rings. The molecule has 4 nitrogen and oxygen atoms in total. The zero-order valence-electron chi connectivity index (χ0n) is 26.7. The molecule has 0 aliphatic heterocycles. The Morgan fingerprint density at radius 3 is 0.432 bits per heavy atom. The number of ether oxygens (including phenoxy) is 2. The molecule has 0 N–H and O–H groups in total. The van der Waals surface area contributed by atoms with E-state index in [1.54, 1.807) is 69.2 Å². The maximum absolute atomic E-state index is 9.82. The molecule has 0 aromatic carbocycles. The summed E-state index contributed by atoms with van der Waals surface area (Å²) in [6.07, 6.45) is 0. The van der Waals surface area contributed by atoms with E-state index in [2.05, 4.69) is 9.47 Å². The van der Waals surface area contributed by atoms with E-state index < -0.39 is 0 Å². The molecule has 0 radical (unpaired) electrons. The number of hydrogen-bond acceptors (Lipinski definition) is 4. The molecule has 0 rings (SSSR count). The second kappa shape index (κ2) is 68.5. The summed E-state index contributed by atoms with van der Waals surface area (Å²) in [5.74, 6) is -0.421. The second-order valence-corrected chi connectivity index (χ2v) is 18.3. The molecule has 0 aromatic heterocycles. The van der Waals surface area contributed by atoms with E-state index in [1.165, 1.54) is 13.8 Å². The van der Waals surface area contributed by atoms with E-state index in [0.29, 0.717) is 13.2 Å². The Bertz CT molecular complexity index is 350. The summed E-state index contributed by atoms with van der Waals surface area (Å²) in [5.41, 5.74) is 0. The third kappa shape index (κ3) is 987. The van der Waals surface area contributed by atoms with Gasteiger partial charge in [0.05, 0.1) is 13.2 Å². The quantitative estimate of drug-likeness (QED) is 0.204. The van der Waals surface area contributed by atoms with E-state index in [0.717, 1.165) is 0 Å². The molecule has 0 amide bonds. The van der Waals surface area contributed by atoms with Gasteiger partial charge in [-0.3, -0.25) is 9.59 Å². The molecule has 44 heavy (non-hydrogen) atoms. The summed E-state index contributed by atoms with van der Waals surface area (Å²) < 4.78 is 8.81. The molecule has 280 valence electrons. The molecular weight excluding hydrogens is 920 g/mol. The number of esters is 2. The normalized spacial score (nSPS) is 8.64. The molecule has 0 unspecified atom stereocenters.